The molecule has 0 saturated carbocycles. The summed E-state index contributed by atoms with van der Waals surface area (Å²) in [6.45, 7) is 4.80. The first-order valence-electron chi connectivity index (χ1n) is 6.02. The van der Waals surface area contributed by atoms with Gasteiger partial charge in [0.15, 0.2) is 0 Å². The molecule has 0 atom stereocenters. The van der Waals surface area contributed by atoms with Crippen LogP contribution in [0.1, 0.15) is 19.6 Å². The summed E-state index contributed by atoms with van der Waals surface area (Å²) in [6, 6.07) is 1.33. The third-order valence-electron chi connectivity index (χ3n) is 2.43. The molecule has 106 valence electrons. The van der Waals surface area contributed by atoms with Crippen LogP contribution in [0.2, 0.25) is 0 Å². The molecule has 19 heavy (non-hydrogen) atoms. The van der Waals surface area contributed by atoms with Crippen molar-refractivity contribution in [3.05, 3.63) is 28.3 Å². The zero-order chi connectivity index (χ0) is 14.4. The predicted molar refractivity (Wildman–Crippen MR) is 69.3 cm³/mol. The van der Waals surface area contributed by atoms with Gasteiger partial charge in [0, 0.05) is 12.6 Å². The van der Waals surface area contributed by atoms with E-state index < -0.39 is 5.97 Å². The maximum Gasteiger partial charge on any atom is 0.317 e. The van der Waals surface area contributed by atoms with E-state index in [0.717, 1.165) is 0 Å². The average molecular weight is 269 g/mol. The lowest BCUT2D eigenvalue weighted by atomic mass is 10.2. The fourth-order valence-corrected chi connectivity index (χ4v) is 1.78. The van der Waals surface area contributed by atoms with Crippen molar-refractivity contribution in [3.8, 4) is 5.75 Å². The van der Waals surface area contributed by atoms with Gasteiger partial charge in [-0.3, -0.25) is 14.5 Å². The van der Waals surface area contributed by atoms with E-state index in [4.69, 9.17) is 14.3 Å². The van der Waals surface area contributed by atoms with Gasteiger partial charge in [0.05, 0.1) is 20.2 Å². The van der Waals surface area contributed by atoms with Crippen molar-refractivity contribution in [1.29, 1.82) is 0 Å². The second kappa shape index (κ2) is 6.94. The van der Waals surface area contributed by atoms with E-state index >= 15 is 0 Å². The first kappa shape index (κ1) is 15.2. The second-order valence-corrected chi connectivity index (χ2v) is 4.74. The first-order valence-corrected chi connectivity index (χ1v) is 6.02. The van der Waals surface area contributed by atoms with E-state index in [1.807, 2.05) is 13.8 Å². The maximum atomic E-state index is 11.6. The number of aliphatic carboxylic acids is 1. The summed E-state index contributed by atoms with van der Waals surface area (Å²) in [4.78, 5) is 24.1. The monoisotopic (exact) mass is 269 g/mol. The van der Waals surface area contributed by atoms with Crippen LogP contribution in [0, 0.1) is 5.92 Å². The highest BCUT2D eigenvalue weighted by molar-refractivity contribution is 5.69. The van der Waals surface area contributed by atoms with E-state index in [9.17, 15) is 9.59 Å². The number of carboxylic acids is 1. The standard InChI is InChI=1S/C13H19NO5/c1-9(2)5-14(7-13(16)17)6-10-4-11(15)12(18-3)8-19-10/h4,8-9H,5-7H2,1-3H3,(H,16,17). The smallest absolute Gasteiger partial charge is 0.317 e. The third-order valence-corrected chi connectivity index (χ3v) is 2.43. The molecule has 0 aliphatic rings. The van der Waals surface area contributed by atoms with Crippen LogP contribution in [0.4, 0.5) is 0 Å². The Kier molecular flexibility index (Phi) is 5.57. The van der Waals surface area contributed by atoms with Crippen molar-refractivity contribution in [2.45, 2.75) is 20.4 Å². The molecule has 1 N–H and O–H groups in total. The lowest BCUT2D eigenvalue weighted by Gasteiger charge is -2.21. The minimum Gasteiger partial charge on any atom is -0.490 e. The Morgan fingerprint density at radius 1 is 1.53 bits per heavy atom. The molecule has 0 unspecified atom stereocenters. The van der Waals surface area contributed by atoms with Crippen molar-refractivity contribution in [1.82, 2.24) is 4.90 Å². The summed E-state index contributed by atoms with van der Waals surface area (Å²) in [7, 11) is 1.39. The highest BCUT2D eigenvalue weighted by Gasteiger charge is 2.14. The number of nitrogens with zero attached hydrogens (tertiary/aromatic N) is 1. The summed E-state index contributed by atoms with van der Waals surface area (Å²) in [6.07, 6.45) is 1.24. The zero-order valence-electron chi connectivity index (χ0n) is 11.4. The number of methoxy groups -OCH3 is 1. The fourth-order valence-electron chi connectivity index (χ4n) is 1.78. The molecule has 0 radical (unpaired) electrons. The van der Waals surface area contributed by atoms with Crippen LogP contribution in [0.3, 0.4) is 0 Å². The van der Waals surface area contributed by atoms with Gasteiger partial charge in [0.2, 0.25) is 11.2 Å². The van der Waals surface area contributed by atoms with E-state index in [2.05, 4.69) is 0 Å². The molecule has 0 saturated heterocycles. The Morgan fingerprint density at radius 2 is 2.21 bits per heavy atom. The van der Waals surface area contributed by atoms with Crippen molar-refractivity contribution in [2.75, 3.05) is 20.2 Å². The highest BCUT2D eigenvalue weighted by atomic mass is 16.5. The fraction of sp³-hybridized carbons (Fsp3) is 0.538. The molecule has 1 aromatic rings. The van der Waals surface area contributed by atoms with Gasteiger partial charge in [-0.1, -0.05) is 13.8 Å². The minimum absolute atomic E-state index is 0.0894. The molecular weight excluding hydrogens is 250 g/mol. The summed E-state index contributed by atoms with van der Waals surface area (Å²) >= 11 is 0. The van der Waals surface area contributed by atoms with Gasteiger partial charge in [-0.25, -0.2) is 0 Å². The van der Waals surface area contributed by atoms with Crippen LogP contribution >= 0.6 is 0 Å². The highest BCUT2D eigenvalue weighted by Crippen LogP contribution is 2.09. The van der Waals surface area contributed by atoms with Gasteiger partial charge in [0.1, 0.15) is 12.0 Å². The molecule has 6 heteroatoms. The molecule has 0 spiro atoms. The summed E-state index contributed by atoms with van der Waals surface area (Å²) in [5, 5.41) is 8.86. The molecule has 1 rings (SSSR count). The Bertz CT molecular complexity index is 480. The molecule has 1 aromatic heterocycles. The van der Waals surface area contributed by atoms with E-state index in [1.165, 1.54) is 19.4 Å². The van der Waals surface area contributed by atoms with Crippen LogP contribution in [0.15, 0.2) is 21.5 Å². The molecule has 6 nitrogen and oxygen atoms in total. The van der Waals surface area contributed by atoms with Crippen LogP contribution in [0.5, 0.6) is 5.75 Å². The van der Waals surface area contributed by atoms with Crippen molar-refractivity contribution < 1.29 is 19.1 Å². The topological polar surface area (TPSA) is 80.0 Å². The van der Waals surface area contributed by atoms with Gasteiger partial charge in [-0.05, 0) is 5.92 Å². The van der Waals surface area contributed by atoms with Gasteiger partial charge in [-0.15, -0.1) is 0 Å². The molecule has 0 amide bonds. The van der Waals surface area contributed by atoms with E-state index in [1.54, 1.807) is 4.90 Å². The lowest BCUT2D eigenvalue weighted by molar-refractivity contribution is -0.138. The third kappa shape index (κ3) is 5.13. The van der Waals surface area contributed by atoms with Crippen molar-refractivity contribution >= 4 is 5.97 Å². The maximum absolute atomic E-state index is 11.6. The minimum atomic E-state index is -0.906. The van der Waals surface area contributed by atoms with Crippen molar-refractivity contribution in [3.63, 3.8) is 0 Å². The van der Waals surface area contributed by atoms with E-state index in [0.29, 0.717) is 18.2 Å². The summed E-state index contributed by atoms with van der Waals surface area (Å²) in [5.41, 5.74) is -0.274. The molecule has 0 aliphatic heterocycles. The number of hydrogen-bond acceptors (Lipinski definition) is 5. The van der Waals surface area contributed by atoms with E-state index in [-0.39, 0.29) is 24.3 Å². The molecule has 1 heterocycles. The Morgan fingerprint density at radius 3 is 2.68 bits per heavy atom. The Balaban J connectivity index is 2.80. The normalized spacial score (nSPS) is 11.0. The number of carboxylic acid groups (broad SMARTS) is 1. The van der Waals surface area contributed by atoms with Crippen LogP contribution in [-0.4, -0.2) is 36.2 Å². The SMILES string of the molecule is COc1coc(CN(CC(=O)O)CC(C)C)cc1=O. The predicted octanol–water partition coefficient (Wildman–Crippen LogP) is 1.19. The molecule has 0 aromatic carbocycles. The molecule has 0 fully saturated rings. The molecular formula is C13H19NO5. The van der Waals surface area contributed by atoms with Gasteiger partial charge >= 0.3 is 5.97 Å². The van der Waals surface area contributed by atoms with Gasteiger partial charge in [0.25, 0.3) is 0 Å². The van der Waals surface area contributed by atoms with Gasteiger partial charge in [-0.2, -0.15) is 0 Å². The first-order chi connectivity index (χ1) is 8.92. The average Bonchev–Trinajstić information content (AvgIpc) is 2.27. The number of ether oxygens (including phenoxy) is 1. The number of hydrogen-bond donors (Lipinski definition) is 1. The number of rotatable bonds is 7. The zero-order valence-corrected chi connectivity index (χ0v) is 11.4. The number of carbonyl (C=O) groups is 1. The molecule has 0 bridgehead atoms. The van der Waals surface area contributed by atoms with Crippen LogP contribution in [-0.2, 0) is 11.3 Å². The second-order valence-electron chi connectivity index (χ2n) is 4.74. The lowest BCUT2D eigenvalue weighted by Crippen LogP contribution is -2.32. The van der Waals surface area contributed by atoms with Crippen molar-refractivity contribution in [2.24, 2.45) is 5.92 Å². The van der Waals surface area contributed by atoms with Crippen LogP contribution < -0.4 is 10.2 Å². The molecule has 0 aliphatic carbocycles. The summed E-state index contributed by atoms with van der Waals surface area (Å²) in [5.74, 6) is -0.0223. The van der Waals surface area contributed by atoms with Gasteiger partial charge < -0.3 is 14.3 Å². The summed E-state index contributed by atoms with van der Waals surface area (Å²) < 4.78 is 10.1. The largest absolute Gasteiger partial charge is 0.490 e. The quantitative estimate of drug-likeness (QED) is 0.801. The van der Waals surface area contributed by atoms with Crippen LogP contribution in [0.25, 0.3) is 0 Å². The Hall–Kier alpha value is -1.82. The Labute approximate surface area is 111 Å².